The van der Waals surface area contributed by atoms with E-state index in [4.69, 9.17) is 9.84 Å². The summed E-state index contributed by atoms with van der Waals surface area (Å²) in [6.07, 6.45) is 5.19. The molecule has 2 unspecified atom stereocenters. The van der Waals surface area contributed by atoms with Crippen molar-refractivity contribution < 1.29 is 14.6 Å². The van der Waals surface area contributed by atoms with Crippen molar-refractivity contribution >= 4 is 5.97 Å². The Morgan fingerprint density at radius 2 is 2.00 bits per heavy atom. The summed E-state index contributed by atoms with van der Waals surface area (Å²) in [4.78, 5) is 14.8. The molecule has 1 aromatic rings. The SMILES string of the molecule is CC1CC(C)CC(OCc2ccc(C(=O)O)cn2)C1. The molecule has 0 amide bonds. The molecule has 0 bridgehead atoms. The Hall–Kier alpha value is -1.42. The van der Waals surface area contributed by atoms with Crippen molar-refractivity contribution in [1.82, 2.24) is 4.98 Å². The van der Waals surface area contributed by atoms with Crippen LogP contribution in [0.1, 0.15) is 49.2 Å². The van der Waals surface area contributed by atoms with Gasteiger partial charge in [-0.25, -0.2) is 4.79 Å². The van der Waals surface area contributed by atoms with Crippen LogP contribution in [0.25, 0.3) is 0 Å². The van der Waals surface area contributed by atoms with E-state index in [1.165, 1.54) is 12.6 Å². The summed E-state index contributed by atoms with van der Waals surface area (Å²) in [5, 5.41) is 8.80. The van der Waals surface area contributed by atoms with E-state index in [9.17, 15) is 4.79 Å². The number of ether oxygens (including phenoxy) is 1. The topological polar surface area (TPSA) is 59.4 Å². The van der Waals surface area contributed by atoms with Crippen molar-refractivity contribution in [3.63, 3.8) is 0 Å². The third-order valence-electron chi connectivity index (χ3n) is 3.67. The van der Waals surface area contributed by atoms with Crippen LogP contribution in [-0.2, 0) is 11.3 Å². The second-order valence-electron chi connectivity index (χ2n) is 5.69. The molecule has 2 rings (SSSR count). The predicted octanol–water partition coefficient (Wildman–Crippen LogP) is 3.12. The van der Waals surface area contributed by atoms with Gasteiger partial charge < -0.3 is 9.84 Å². The number of rotatable bonds is 4. The summed E-state index contributed by atoms with van der Waals surface area (Å²) >= 11 is 0. The van der Waals surface area contributed by atoms with E-state index in [1.807, 2.05) is 0 Å². The number of pyridine rings is 1. The van der Waals surface area contributed by atoms with Gasteiger partial charge in [-0.2, -0.15) is 0 Å². The monoisotopic (exact) mass is 263 g/mol. The Morgan fingerprint density at radius 1 is 1.32 bits per heavy atom. The first-order chi connectivity index (χ1) is 9.04. The van der Waals surface area contributed by atoms with Crippen LogP contribution in [0, 0.1) is 11.8 Å². The molecule has 0 aromatic carbocycles. The molecule has 0 saturated heterocycles. The van der Waals surface area contributed by atoms with E-state index < -0.39 is 5.97 Å². The highest BCUT2D eigenvalue weighted by Crippen LogP contribution is 2.30. The van der Waals surface area contributed by atoms with Crippen LogP contribution in [-0.4, -0.2) is 22.2 Å². The van der Waals surface area contributed by atoms with Crippen LogP contribution in [0.3, 0.4) is 0 Å². The van der Waals surface area contributed by atoms with E-state index in [1.54, 1.807) is 12.1 Å². The Bertz CT molecular complexity index is 420. The molecule has 4 heteroatoms. The third-order valence-corrected chi connectivity index (χ3v) is 3.67. The smallest absolute Gasteiger partial charge is 0.337 e. The minimum Gasteiger partial charge on any atom is -0.478 e. The van der Waals surface area contributed by atoms with Crippen molar-refractivity contribution in [2.24, 2.45) is 11.8 Å². The lowest BCUT2D eigenvalue weighted by molar-refractivity contribution is -0.0105. The van der Waals surface area contributed by atoms with E-state index in [0.717, 1.165) is 30.4 Å². The fourth-order valence-corrected chi connectivity index (χ4v) is 2.85. The molecule has 1 aromatic heterocycles. The van der Waals surface area contributed by atoms with Crippen molar-refractivity contribution in [2.75, 3.05) is 0 Å². The van der Waals surface area contributed by atoms with Gasteiger partial charge in [0.15, 0.2) is 0 Å². The Labute approximate surface area is 113 Å². The Balaban J connectivity index is 1.86. The number of carbonyl (C=O) groups is 1. The molecular formula is C15H21NO3. The molecule has 19 heavy (non-hydrogen) atoms. The number of hydrogen-bond donors (Lipinski definition) is 1. The molecule has 1 N–H and O–H groups in total. The zero-order chi connectivity index (χ0) is 13.8. The standard InChI is InChI=1S/C15H21NO3/c1-10-5-11(2)7-14(6-10)19-9-13-4-3-12(8-16-13)15(17)18/h3-4,8,10-11,14H,5-7,9H2,1-2H3,(H,17,18). The molecule has 1 aliphatic carbocycles. The molecule has 2 atom stereocenters. The van der Waals surface area contributed by atoms with Gasteiger partial charge in [0, 0.05) is 6.20 Å². The predicted molar refractivity (Wildman–Crippen MR) is 72.0 cm³/mol. The lowest BCUT2D eigenvalue weighted by Crippen LogP contribution is -2.26. The summed E-state index contributed by atoms with van der Waals surface area (Å²) in [6.45, 7) is 5.00. The second-order valence-corrected chi connectivity index (χ2v) is 5.69. The number of hydrogen-bond acceptors (Lipinski definition) is 3. The zero-order valence-electron chi connectivity index (χ0n) is 11.5. The van der Waals surface area contributed by atoms with Gasteiger partial charge in [-0.15, -0.1) is 0 Å². The second kappa shape index (κ2) is 6.15. The first kappa shape index (κ1) is 14.0. The minimum atomic E-state index is -0.949. The molecule has 0 spiro atoms. The van der Waals surface area contributed by atoms with Gasteiger partial charge in [-0.05, 0) is 43.2 Å². The lowest BCUT2D eigenvalue weighted by atomic mass is 9.82. The maximum absolute atomic E-state index is 10.7. The van der Waals surface area contributed by atoms with Crippen LogP contribution in [0.15, 0.2) is 18.3 Å². The maximum Gasteiger partial charge on any atom is 0.337 e. The maximum atomic E-state index is 10.7. The first-order valence-corrected chi connectivity index (χ1v) is 6.84. The lowest BCUT2D eigenvalue weighted by Gasteiger charge is -2.31. The zero-order valence-corrected chi connectivity index (χ0v) is 11.5. The van der Waals surface area contributed by atoms with E-state index >= 15 is 0 Å². The molecule has 0 radical (unpaired) electrons. The fourth-order valence-electron chi connectivity index (χ4n) is 2.85. The van der Waals surface area contributed by atoms with Gasteiger partial charge in [0.2, 0.25) is 0 Å². The van der Waals surface area contributed by atoms with Crippen LogP contribution in [0.5, 0.6) is 0 Å². The molecule has 104 valence electrons. The summed E-state index contributed by atoms with van der Waals surface area (Å²) in [5.41, 5.74) is 1.000. The largest absolute Gasteiger partial charge is 0.478 e. The van der Waals surface area contributed by atoms with Gasteiger partial charge in [0.05, 0.1) is 24.0 Å². The van der Waals surface area contributed by atoms with E-state index in [0.29, 0.717) is 12.7 Å². The van der Waals surface area contributed by atoms with Gasteiger partial charge in [0.1, 0.15) is 0 Å². The van der Waals surface area contributed by atoms with Crippen molar-refractivity contribution in [3.8, 4) is 0 Å². The normalized spacial score (nSPS) is 27.2. The average molecular weight is 263 g/mol. The van der Waals surface area contributed by atoms with Crippen LogP contribution >= 0.6 is 0 Å². The molecule has 4 nitrogen and oxygen atoms in total. The van der Waals surface area contributed by atoms with Crippen molar-refractivity contribution in [3.05, 3.63) is 29.6 Å². The van der Waals surface area contributed by atoms with Crippen molar-refractivity contribution in [1.29, 1.82) is 0 Å². The first-order valence-electron chi connectivity index (χ1n) is 6.84. The highest BCUT2D eigenvalue weighted by molar-refractivity contribution is 5.87. The number of carboxylic acids is 1. The highest BCUT2D eigenvalue weighted by atomic mass is 16.5. The van der Waals surface area contributed by atoms with Gasteiger partial charge in [-0.3, -0.25) is 4.98 Å². The van der Waals surface area contributed by atoms with E-state index in [-0.39, 0.29) is 5.56 Å². The number of aromatic nitrogens is 1. The van der Waals surface area contributed by atoms with Crippen LogP contribution in [0.4, 0.5) is 0 Å². The number of carboxylic acid groups (broad SMARTS) is 1. The molecule has 1 saturated carbocycles. The number of aromatic carboxylic acids is 1. The van der Waals surface area contributed by atoms with Crippen molar-refractivity contribution in [2.45, 2.75) is 45.8 Å². The Kier molecular flexibility index (Phi) is 4.53. The third kappa shape index (κ3) is 4.03. The Morgan fingerprint density at radius 3 is 2.53 bits per heavy atom. The highest BCUT2D eigenvalue weighted by Gasteiger charge is 2.24. The van der Waals surface area contributed by atoms with Crippen LogP contribution < -0.4 is 0 Å². The van der Waals surface area contributed by atoms with E-state index in [2.05, 4.69) is 18.8 Å². The summed E-state index contributed by atoms with van der Waals surface area (Å²) in [7, 11) is 0. The molecule has 0 aliphatic heterocycles. The van der Waals surface area contributed by atoms with Gasteiger partial charge in [-0.1, -0.05) is 13.8 Å². The molecule has 1 aliphatic rings. The molecular weight excluding hydrogens is 242 g/mol. The van der Waals surface area contributed by atoms with Gasteiger partial charge in [0.25, 0.3) is 0 Å². The summed E-state index contributed by atoms with van der Waals surface area (Å²) in [6, 6.07) is 3.29. The number of nitrogens with zero attached hydrogens (tertiary/aromatic N) is 1. The molecule has 1 fully saturated rings. The minimum absolute atomic E-state index is 0.212. The summed E-state index contributed by atoms with van der Waals surface area (Å²) < 4.78 is 5.90. The average Bonchev–Trinajstić information content (AvgIpc) is 2.36. The summed E-state index contributed by atoms with van der Waals surface area (Å²) in [5.74, 6) is 0.488. The van der Waals surface area contributed by atoms with Gasteiger partial charge >= 0.3 is 5.97 Å². The molecule has 1 heterocycles. The fraction of sp³-hybridized carbons (Fsp3) is 0.600. The van der Waals surface area contributed by atoms with Crippen LogP contribution in [0.2, 0.25) is 0 Å². The quantitative estimate of drug-likeness (QED) is 0.906.